The molecular weight excluding hydrogens is 236 g/mol. The van der Waals surface area contributed by atoms with Crippen molar-refractivity contribution in [2.24, 2.45) is 0 Å². The third-order valence-corrected chi connectivity index (χ3v) is 3.42. The summed E-state index contributed by atoms with van der Waals surface area (Å²) in [5.74, 6) is 0. The highest BCUT2D eigenvalue weighted by Gasteiger charge is 2.06. The molecule has 0 aliphatic rings. The molecule has 3 heteroatoms. The van der Waals surface area contributed by atoms with Gasteiger partial charge in [-0.2, -0.15) is 5.26 Å². The standard InChI is InChI=1S/C16H12N2O/c1-2-10-3-5-12-13-6-4-11(9-17)8-15(13)18-16(19)14(12)7-10/h3-8H,2H2,1H3,(H,18,19). The Morgan fingerprint density at radius 2 is 1.89 bits per heavy atom. The number of nitrogens with one attached hydrogen (secondary N) is 1. The Labute approximate surface area is 110 Å². The Morgan fingerprint density at radius 3 is 2.63 bits per heavy atom. The quantitative estimate of drug-likeness (QED) is 0.673. The molecule has 3 aromatic rings. The molecule has 0 unspecified atom stereocenters. The van der Waals surface area contributed by atoms with Crippen molar-refractivity contribution in [3.63, 3.8) is 0 Å². The van der Waals surface area contributed by atoms with Crippen molar-refractivity contribution in [3.8, 4) is 6.07 Å². The third kappa shape index (κ3) is 1.78. The van der Waals surface area contributed by atoms with Crippen molar-refractivity contribution in [2.45, 2.75) is 13.3 Å². The number of nitrogens with zero attached hydrogens (tertiary/aromatic N) is 1. The van der Waals surface area contributed by atoms with E-state index in [2.05, 4.69) is 18.0 Å². The van der Waals surface area contributed by atoms with Gasteiger partial charge in [-0.15, -0.1) is 0 Å². The van der Waals surface area contributed by atoms with Crippen molar-refractivity contribution < 1.29 is 0 Å². The molecule has 0 radical (unpaired) electrons. The summed E-state index contributed by atoms with van der Waals surface area (Å²) in [6.45, 7) is 2.07. The second-order valence-corrected chi connectivity index (χ2v) is 4.56. The van der Waals surface area contributed by atoms with Crippen LogP contribution in [-0.4, -0.2) is 4.98 Å². The van der Waals surface area contributed by atoms with Gasteiger partial charge in [0.25, 0.3) is 5.56 Å². The van der Waals surface area contributed by atoms with Crippen LogP contribution in [0.3, 0.4) is 0 Å². The van der Waals surface area contributed by atoms with E-state index in [4.69, 9.17) is 5.26 Å². The van der Waals surface area contributed by atoms with E-state index in [0.29, 0.717) is 16.5 Å². The van der Waals surface area contributed by atoms with Gasteiger partial charge in [0.05, 0.1) is 17.1 Å². The maximum Gasteiger partial charge on any atom is 0.256 e. The topological polar surface area (TPSA) is 56.6 Å². The normalized spacial score (nSPS) is 10.7. The van der Waals surface area contributed by atoms with E-state index < -0.39 is 0 Å². The van der Waals surface area contributed by atoms with Crippen molar-refractivity contribution in [2.75, 3.05) is 0 Å². The SMILES string of the molecule is CCc1ccc2c(c1)c(=O)[nH]c1cc(C#N)ccc12. The second kappa shape index (κ2) is 4.25. The van der Waals surface area contributed by atoms with Crippen LogP contribution < -0.4 is 5.56 Å². The number of pyridine rings is 1. The van der Waals surface area contributed by atoms with Crippen LogP contribution in [0.25, 0.3) is 21.7 Å². The van der Waals surface area contributed by atoms with E-state index >= 15 is 0 Å². The summed E-state index contributed by atoms with van der Waals surface area (Å²) < 4.78 is 0. The fourth-order valence-electron chi connectivity index (χ4n) is 2.38. The summed E-state index contributed by atoms with van der Waals surface area (Å²) in [6, 6.07) is 13.4. The number of aryl methyl sites for hydroxylation is 1. The van der Waals surface area contributed by atoms with Crippen LogP contribution in [0.2, 0.25) is 0 Å². The lowest BCUT2D eigenvalue weighted by molar-refractivity contribution is 1.14. The molecular formula is C16H12N2O. The second-order valence-electron chi connectivity index (χ2n) is 4.56. The number of aromatic nitrogens is 1. The maximum absolute atomic E-state index is 12.1. The van der Waals surface area contributed by atoms with E-state index in [9.17, 15) is 4.79 Å². The van der Waals surface area contributed by atoms with E-state index in [1.807, 2.05) is 24.3 Å². The highest BCUT2D eigenvalue weighted by atomic mass is 16.1. The molecule has 0 saturated carbocycles. The van der Waals surface area contributed by atoms with Gasteiger partial charge in [-0.25, -0.2) is 0 Å². The largest absolute Gasteiger partial charge is 0.321 e. The Hall–Kier alpha value is -2.60. The van der Waals surface area contributed by atoms with Crippen molar-refractivity contribution in [3.05, 3.63) is 57.9 Å². The van der Waals surface area contributed by atoms with Gasteiger partial charge in [-0.1, -0.05) is 25.1 Å². The van der Waals surface area contributed by atoms with Crippen LogP contribution in [0.1, 0.15) is 18.1 Å². The minimum Gasteiger partial charge on any atom is -0.321 e. The number of hydrogen-bond donors (Lipinski definition) is 1. The molecule has 92 valence electrons. The average Bonchev–Trinajstić information content (AvgIpc) is 2.46. The van der Waals surface area contributed by atoms with Gasteiger partial charge >= 0.3 is 0 Å². The molecule has 1 heterocycles. The lowest BCUT2D eigenvalue weighted by Crippen LogP contribution is -2.06. The minimum absolute atomic E-state index is 0.104. The van der Waals surface area contributed by atoms with Crippen molar-refractivity contribution >= 4 is 21.7 Å². The summed E-state index contributed by atoms with van der Waals surface area (Å²) >= 11 is 0. The first kappa shape index (κ1) is 11.5. The number of benzene rings is 2. The van der Waals surface area contributed by atoms with E-state index in [0.717, 1.165) is 22.8 Å². The molecule has 0 bridgehead atoms. The first-order chi connectivity index (χ1) is 9.22. The predicted molar refractivity (Wildman–Crippen MR) is 76.2 cm³/mol. The summed E-state index contributed by atoms with van der Waals surface area (Å²) in [4.78, 5) is 15.0. The number of nitriles is 1. The summed E-state index contributed by atoms with van der Waals surface area (Å²) in [6.07, 6.45) is 0.904. The summed E-state index contributed by atoms with van der Waals surface area (Å²) in [5, 5.41) is 11.5. The van der Waals surface area contributed by atoms with E-state index in [1.54, 1.807) is 12.1 Å². The van der Waals surface area contributed by atoms with Crippen LogP contribution in [0, 0.1) is 11.3 Å². The molecule has 1 N–H and O–H groups in total. The van der Waals surface area contributed by atoms with Gasteiger partial charge in [0, 0.05) is 10.8 Å². The zero-order chi connectivity index (χ0) is 13.4. The Bertz CT molecular complexity index is 885. The van der Waals surface area contributed by atoms with Crippen LogP contribution >= 0.6 is 0 Å². The highest BCUT2D eigenvalue weighted by molar-refractivity contribution is 6.05. The van der Waals surface area contributed by atoms with Gasteiger partial charge in [-0.3, -0.25) is 4.79 Å². The van der Waals surface area contributed by atoms with E-state index in [1.165, 1.54) is 0 Å². The molecule has 0 amide bonds. The number of aromatic amines is 1. The van der Waals surface area contributed by atoms with Crippen LogP contribution in [0.5, 0.6) is 0 Å². The minimum atomic E-state index is -0.104. The molecule has 0 aliphatic heterocycles. The third-order valence-electron chi connectivity index (χ3n) is 3.42. The van der Waals surface area contributed by atoms with Gasteiger partial charge < -0.3 is 4.98 Å². The Balaban J connectivity index is 2.47. The summed E-state index contributed by atoms with van der Waals surface area (Å²) in [7, 11) is 0. The van der Waals surface area contributed by atoms with Crippen LogP contribution in [-0.2, 0) is 6.42 Å². The highest BCUT2D eigenvalue weighted by Crippen LogP contribution is 2.23. The lowest BCUT2D eigenvalue weighted by atomic mass is 10.0. The molecule has 1 aromatic heterocycles. The first-order valence-electron chi connectivity index (χ1n) is 6.21. The van der Waals surface area contributed by atoms with Crippen LogP contribution in [0.4, 0.5) is 0 Å². The molecule has 0 atom stereocenters. The number of rotatable bonds is 1. The number of fused-ring (bicyclic) bond motifs is 3. The number of H-pyrrole nitrogens is 1. The number of hydrogen-bond acceptors (Lipinski definition) is 2. The fraction of sp³-hybridized carbons (Fsp3) is 0.125. The lowest BCUT2D eigenvalue weighted by Gasteiger charge is -2.05. The molecule has 0 saturated heterocycles. The maximum atomic E-state index is 12.1. The molecule has 2 aromatic carbocycles. The van der Waals surface area contributed by atoms with Crippen molar-refractivity contribution in [1.82, 2.24) is 4.98 Å². The zero-order valence-corrected chi connectivity index (χ0v) is 10.5. The Kier molecular flexibility index (Phi) is 2.57. The monoisotopic (exact) mass is 248 g/mol. The van der Waals surface area contributed by atoms with Gasteiger partial charge in [0.15, 0.2) is 0 Å². The fourth-order valence-corrected chi connectivity index (χ4v) is 2.38. The predicted octanol–water partition coefficient (Wildman–Crippen LogP) is 3.12. The molecule has 0 aliphatic carbocycles. The molecule has 3 rings (SSSR count). The zero-order valence-electron chi connectivity index (χ0n) is 10.5. The molecule has 3 nitrogen and oxygen atoms in total. The molecule has 0 fully saturated rings. The van der Waals surface area contributed by atoms with Crippen molar-refractivity contribution in [1.29, 1.82) is 5.26 Å². The average molecular weight is 248 g/mol. The van der Waals surface area contributed by atoms with Gasteiger partial charge in [0.1, 0.15) is 0 Å². The Morgan fingerprint density at radius 1 is 1.11 bits per heavy atom. The van der Waals surface area contributed by atoms with E-state index in [-0.39, 0.29) is 5.56 Å². The van der Waals surface area contributed by atoms with Gasteiger partial charge in [0.2, 0.25) is 0 Å². The summed E-state index contributed by atoms with van der Waals surface area (Å²) in [5.41, 5.74) is 2.30. The van der Waals surface area contributed by atoms with Gasteiger partial charge in [-0.05, 0) is 35.6 Å². The smallest absolute Gasteiger partial charge is 0.256 e. The first-order valence-corrected chi connectivity index (χ1v) is 6.21. The molecule has 19 heavy (non-hydrogen) atoms. The molecule has 0 spiro atoms. The van der Waals surface area contributed by atoms with Crippen LogP contribution in [0.15, 0.2) is 41.2 Å².